The van der Waals surface area contributed by atoms with Gasteiger partial charge in [0.15, 0.2) is 0 Å². The third kappa shape index (κ3) is 2.92. The Morgan fingerprint density at radius 1 is 1.57 bits per heavy atom. The molecule has 0 N–H and O–H groups in total. The first kappa shape index (κ1) is 10.3. The minimum absolute atomic E-state index is 0.265. The first-order chi connectivity index (χ1) is 6.74. The highest BCUT2D eigenvalue weighted by Gasteiger charge is 1.95. The quantitative estimate of drug-likeness (QED) is 0.399. The predicted octanol–water partition coefficient (Wildman–Crippen LogP) is 3.46. The van der Waals surface area contributed by atoms with Crippen molar-refractivity contribution in [3.63, 3.8) is 0 Å². The van der Waals surface area contributed by atoms with Crippen molar-refractivity contribution in [2.24, 2.45) is 5.11 Å². The fraction of sp³-hybridized carbons (Fsp3) is 0.200. The third-order valence-electron chi connectivity index (χ3n) is 1.79. The number of hydrogen-bond donors (Lipinski definition) is 0. The van der Waals surface area contributed by atoms with Gasteiger partial charge in [-0.15, -0.1) is 0 Å². The molecule has 0 fully saturated rings. The van der Waals surface area contributed by atoms with E-state index in [0.29, 0.717) is 0 Å². The van der Waals surface area contributed by atoms with Crippen LogP contribution in [0.5, 0.6) is 0 Å². The second kappa shape index (κ2) is 5.04. The van der Waals surface area contributed by atoms with Gasteiger partial charge in [0, 0.05) is 11.5 Å². The van der Waals surface area contributed by atoms with E-state index in [1.807, 2.05) is 6.92 Å². The monoisotopic (exact) mass is 191 g/mol. The van der Waals surface area contributed by atoms with E-state index >= 15 is 0 Å². The van der Waals surface area contributed by atoms with E-state index < -0.39 is 0 Å². The largest absolute Gasteiger partial charge is 0.207 e. The summed E-state index contributed by atoms with van der Waals surface area (Å²) in [4.78, 5) is 2.61. The molecule has 72 valence electrons. The maximum absolute atomic E-state index is 12.8. The van der Waals surface area contributed by atoms with E-state index in [2.05, 4.69) is 10.0 Å². The van der Waals surface area contributed by atoms with Gasteiger partial charge in [-0.05, 0) is 35.7 Å². The topological polar surface area (TPSA) is 48.8 Å². The molecule has 0 radical (unpaired) electrons. The number of rotatable bonds is 3. The Bertz CT molecular complexity index is 392. The molecule has 0 saturated heterocycles. The van der Waals surface area contributed by atoms with Gasteiger partial charge in [0.25, 0.3) is 0 Å². The maximum Gasteiger partial charge on any atom is 0.123 e. The average molecular weight is 191 g/mol. The summed E-state index contributed by atoms with van der Waals surface area (Å²) in [5, 5.41) is 3.34. The molecule has 0 aliphatic carbocycles. The highest BCUT2D eigenvalue weighted by atomic mass is 19.1. The van der Waals surface area contributed by atoms with Crippen molar-refractivity contribution in [1.82, 2.24) is 0 Å². The number of aryl methyl sites for hydroxylation is 1. The van der Waals surface area contributed by atoms with Crippen molar-refractivity contribution >= 4 is 6.08 Å². The molecule has 0 atom stereocenters. The zero-order valence-corrected chi connectivity index (χ0v) is 7.81. The molecule has 0 unspecified atom stereocenters. The maximum atomic E-state index is 12.8. The second-order valence-electron chi connectivity index (χ2n) is 2.82. The van der Waals surface area contributed by atoms with Crippen molar-refractivity contribution in [3.05, 3.63) is 51.7 Å². The van der Waals surface area contributed by atoms with Gasteiger partial charge >= 0.3 is 0 Å². The van der Waals surface area contributed by atoms with Gasteiger partial charge in [-0.25, -0.2) is 4.39 Å². The predicted molar refractivity (Wildman–Crippen MR) is 54.2 cm³/mol. The molecular weight excluding hydrogens is 181 g/mol. The number of azide groups is 1. The van der Waals surface area contributed by atoms with Crippen LogP contribution in [0.15, 0.2) is 29.4 Å². The zero-order valence-electron chi connectivity index (χ0n) is 7.81. The second-order valence-corrected chi connectivity index (χ2v) is 2.82. The van der Waals surface area contributed by atoms with E-state index in [9.17, 15) is 4.39 Å². The van der Waals surface area contributed by atoms with Crippen LogP contribution in [0.3, 0.4) is 0 Å². The van der Waals surface area contributed by atoms with Crippen LogP contribution in [0.1, 0.15) is 11.1 Å². The summed E-state index contributed by atoms with van der Waals surface area (Å²) >= 11 is 0. The molecule has 0 heterocycles. The molecule has 14 heavy (non-hydrogen) atoms. The summed E-state index contributed by atoms with van der Waals surface area (Å²) in [7, 11) is 0. The van der Waals surface area contributed by atoms with Crippen LogP contribution in [-0.4, -0.2) is 6.54 Å². The van der Waals surface area contributed by atoms with Gasteiger partial charge < -0.3 is 0 Å². The lowest BCUT2D eigenvalue weighted by atomic mass is 10.1. The molecule has 1 aromatic rings. The van der Waals surface area contributed by atoms with Crippen LogP contribution in [0.4, 0.5) is 4.39 Å². The highest BCUT2D eigenvalue weighted by molar-refractivity contribution is 5.53. The number of hydrogen-bond acceptors (Lipinski definition) is 1. The van der Waals surface area contributed by atoms with Crippen LogP contribution in [-0.2, 0) is 0 Å². The van der Waals surface area contributed by atoms with Gasteiger partial charge in [0.05, 0.1) is 0 Å². The summed E-state index contributed by atoms with van der Waals surface area (Å²) in [6, 6.07) is 4.57. The smallest absolute Gasteiger partial charge is 0.123 e. The molecule has 0 spiro atoms. The zero-order chi connectivity index (χ0) is 10.4. The Labute approximate surface area is 81.5 Å². The molecule has 4 heteroatoms. The van der Waals surface area contributed by atoms with E-state index in [4.69, 9.17) is 5.53 Å². The molecule has 0 aliphatic rings. The Morgan fingerprint density at radius 3 is 3.07 bits per heavy atom. The fourth-order valence-electron chi connectivity index (χ4n) is 1.05. The van der Waals surface area contributed by atoms with E-state index in [1.165, 1.54) is 12.1 Å². The van der Waals surface area contributed by atoms with Gasteiger partial charge in [-0.3, -0.25) is 0 Å². The fourth-order valence-corrected chi connectivity index (χ4v) is 1.05. The van der Waals surface area contributed by atoms with E-state index in [0.717, 1.165) is 11.1 Å². The normalized spacial score (nSPS) is 10.1. The molecule has 0 amide bonds. The van der Waals surface area contributed by atoms with Crippen LogP contribution < -0.4 is 0 Å². The number of halogens is 1. The van der Waals surface area contributed by atoms with Crippen molar-refractivity contribution < 1.29 is 4.39 Å². The third-order valence-corrected chi connectivity index (χ3v) is 1.79. The van der Waals surface area contributed by atoms with Crippen LogP contribution >= 0.6 is 0 Å². The summed E-state index contributed by atoms with van der Waals surface area (Å²) in [5.41, 5.74) is 9.82. The molecular formula is C10H10FN3. The van der Waals surface area contributed by atoms with Crippen LogP contribution in [0.25, 0.3) is 16.5 Å². The number of nitrogens with zero attached hydrogens (tertiary/aromatic N) is 3. The van der Waals surface area contributed by atoms with Crippen molar-refractivity contribution in [1.29, 1.82) is 0 Å². The Morgan fingerprint density at radius 2 is 2.36 bits per heavy atom. The Balaban J connectivity index is 2.79. The molecule has 0 bridgehead atoms. The SMILES string of the molecule is Cc1ccc(F)cc1C=CCN=[N+]=[N-]. The van der Waals surface area contributed by atoms with Crippen LogP contribution in [0, 0.1) is 12.7 Å². The van der Waals surface area contributed by atoms with Crippen molar-refractivity contribution in [2.75, 3.05) is 6.54 Å². The first-order valence-electron chi connectivity index (χ1n) is 4.17. The molecule has 1 rings (SSSR count). The highest BCUT2D eigenvalue weighted by Crippen LogP contribution is 2.11. The van der Waals surface area contributed by atoms with Crippen LogP contribution in [0.2, 0.25) is 0 Å². The van der Waals surface area contributed by atoms with Gasteiger partial charge in [0.1, 0.15) is 5.82 Å². The van der Waals surface area contributed by atoms with Gasteiger partial charge in [-0.2, -0.15) is 0 Å². The van der Waals surface area contributed by atoms with Gasteiger partial charge in [0.2, 0.25) is 0 Å². The van der Waals surface area contributed by atoms with E-state index in [-0.39, 0.29) is 12.4 Å². The minimum Gasteiger partial charge on any atom is -0.207 e. The Hall–Kier alpha value is -1.80. The minimum atomic E-state index is -0.265. The standard InChI is InChI=1S/C10H10FN3/c1-8-4-5-10(11)7-9(8)3-2-6-13-14-12/h2-5,7H,6H2,1H3. The lowest BCUT2D eigenvalue weighted by molar-refractivity contribution is 0.627. The Kier molecular flexibility index (Phi) is 3.70. The first-order valence-corrected chi connectivity index (χ1v) is 4.17. The molecule has 0 aromatic heterocycles. The molecule has 1 aromatic carbocycles. The lowest BCUT2D eigenvalue weighted by Gasteiger charge is -1.98. The number of benzene rings is 1. The summed E-state index contributed by atoms with van der Waals surface area (Å²) < 4.78 is 12.8. The molecule has 3 nitrogen and oxygen atoms in total. The van der Waals surface area contributed by atoms with Gasteiger partial charge in [-0.1, -0.05) is 23.3 Å². The van der Waals surface area contributed by atoms with Crippen molar-refractivity contribution in [2.45, 2.75) is 6.92 Å². The summed E-state index contributed by atoms with van der Waals surface area (Å²) in [5.74, 6) is -0.265. The lowest BCUT2D eigenvalue weighted by Crippen LogP contribution is -1.82. The molecule has 0 aliphatic heterocycles. The summed E-state index contributed by atoms with van der Waals surface area (Å²) in [6.45, 7) is 2.18. The average Bonchev–Trinajstić information content (AvgIpc) is 2.18. The molecule has 0 saturated carbocycles. The van der Waals surface area contributed by atoms with Crippen molar-refractivity contribution in [3.8, 4) is 0 Å². The van der Waals surface area contributed by atoms with E-state index in [1.54, 1.807) is 18.2 Å². The summed E-state index contributed by atoms with van der Waals surface area (Å²) in [6.07, 6.45) is 3.44.